The third kappa shape index (κ3) is 5.24. The maximum atomic E-state index is 13.5. The van der Waals surface area contributed by atoms with Crippen LogP contribution < -0.4 is 0 Å². The Labute approximate surface area is 189 Å². The Hall–Kier alpha value is -3.01. The summed E-state index contributed by atoms with van der Waals surface area (Å²) in [6.07, 6.45) is 3.89. The Balaban J connectivity index is 1.69. The zero-order valence-electron chi connectivity index (χ0n) is 18.7. The summed E-state index contributed by atoms with van der Waals surface area (Å²) in [7, 11) is 0. The molecule has 4 rings (SSSR count). The van der Waals surface area contributed by atoms with E-state index in [1.54, 1.807) is 24.3 Å². The highest BCUT2D eigenvalue weighted by atomic mass is 19.1. The van der Waals surface area contributed by atoms with Gasteiger partial charge in [0.25, 0.3) is 0 Å². The summed E-state index contributed by atoms with van der Waals surface area (Å²) in [4.78, 5) is 4.88. The first-order valence-corrected chi connectivity index (χ1v) is 11.4. The highest BCUT2D eigenvalue weighted by Crippen LogP contribution is 2.34. The Kier molecular flexibility index (Phi) is 6.99. The van der Waals surface area contributed by atoms with Gasteiger partial charge < -0.3 is 4.74 Å². The van der Waals surface area contributed by atoms with Crippen LogP contribution in [0.25, 0.3) is 22.3 Å². The van der Waals surface area contributed by atoms with Gasteiger partial charge in [0.2, 0.25) is 0 Å². The first-order valence-electron chi connectivity index (χ1n) is 11.4. The average Bonchev–Trinajstić information content (AvgIpc) is 3.22. The van der Waals surface area contributed by atoms with E-state index in [1.165, 1.54) is 24.3 Å². The van der Waals surface area contributed by atoms with Gasteiger partial charge in [0, 0.05) is 6.42 Å². The fraction of sp³-hybridized carbons (Fsp3) is 0.321. The van der Waals surface area contributed by atoms with Crippen LogP contribution in [0.5, 0.6) is 0 Å². The third-order valence-corrected chi connectivity index (χ3v) is 6.00. The third-order valence-electron chi connectivity index (χ3n) is 6.00. The van der Waals surface area contributed by atoms with Crippen molar-refractivity contribution in [2.75, 3.05) is 6.61 Å². The summed E-state index contributed by atoms with van der Waals surface area (Å²) in [6.45, 7) is 4.99. The maximum absolute atomic E-state index is 13.5. The lowest BCUT2D eigenvalue weighted by atomic mass is 9.88. The lowest BCUT2D eigenvalue weighted by Crippen LogP contribution is -2.12. The molecule has 4 heteroatoms. The minimum atomic E-state index is -0.260. The summed E-state index contributed by atoms with van der Waals surface area (Å²) >= 11 is 0. The highest BCUT2D eigenvalue weighted by molar-refractivity contribution is 5.80. The molecule has 0 saturated heterocycles. The number of ether oxygens (including phenoxy) is 1. The topological polar surface area (TPSA) is 21.6 Å². The molecule has 0 spiro atoms. The number of rotatable bonds is 8. The van der Waals surface area contributed by atoms with Gasteiger partial charge in [-0.05, 0) is 64.4 Å². The predicted octanol–water partition coefficient (Wildman–Crippen LogP) is 7.46. The van der Waals surface area contributed by atoms with E-state index in [9.17, 15) is 8.78 Å². The predicted molar refractivity (Wildman–Crippen MR) is 127 cm³/mol. The molecule has 0 fully saturated rings. The number of halogens is 2. The molecule has 0 unspecified atom stereocenters. The van der Waals surface area contributed by atoms with Crippen molar-refractivity contribution >= 4 is 5.90 Å². The molecule has 32 heavy (non-hydrogen) atoms. The van der Waals surface area contributed by atoms with Gasteiger partial charge in [0.1, 0.15) is 18.2 Å². The molecule has 166 valence electrons. The van der Waals surface area contributed by atoms with Crippen LogP contribution in [0.2, 0.25) is 0 Å². The van der Waals surface area contributed by atoms with Crippen molar-refractivity contribution in [2.24, 2.45) is 10.9 Å². The van der Waals surface area contributed by atoms with Crippen LogP contribution in [0.15, 0.2) is 71.7 Å². The van der Waals surface area contributed by atoms with E-state index < -0.39 is 0 Å². The van der Waals surface area contributed by atoms with Crippen LogP contribution >= 0.6 is 0 Å². The summed E-state index contributed by atoms with van der Waals surface area (Å²) in [5, 5.41) is 0. The smallest absolute Gasteiger partial charge is 0.183 e. The van der Waals surface area contributed by atoms with Crippen molar-refractivity contribution in [1.82, 2.24) is 0 Å². The molecule has 2 nitrogen and oxygen atoms in total. The monoisotopic (exact) mass is 433 g/mol. The fourth-order valence-electron chi connectivity index (χ4n) is 4.42. The first-order chi connectivity index (χ1) is 15.5. The molecule has 0 bridgehead atoms. The van der Waals surface area contributed by atoms with Crippen LogP contribution in [-0.2, 0) is 11.2 Å². The quantitative estimate of drug-likeness (QED) is 0.361. The SMILES string of the molecule is CCC[C@H](C)CC1=N[C@@H](Cc2c(-c3ccc(F)cc3)cccc2-c2ccc(F)cc2)CO1. The molecule has 0 amide bonds. The summed E-state index contributed by atoms with van der Waals surface area (Å²) in [5.74, 6) is 0.881. The van der Waals surface area contributed by atoms with E-state index in [4.69, 9.17) is 9.73 Å². The van der Waals surface area contributed by atoms with E-state index in [1.807, 2.05) is 6.07 Å². The van der Waals surface area contributed by atoms with E-state index >= 15 is 0 Å². The molecular weight excluding hydrogens is 404 g/mol. The van der Waals surface area contributed by atoms with Crippen LogP contribution in [0.3, 0.4) is 0 Å². The molecule has 0 radical (unpaired) electrons. The standard InChI is InChI=1S/C28H29F2NO/c1-3-5-19(2)16-28-31-24(18-32-28)17-27-25(20-8-12-22(29)13-9-20)6-4-7-26(27)21-10-14-23(30)15-11-21/h4,6-15,19,24H,3,5,16-18H2,1-2H3/t19-,24-/m0/s1. The van der Waals surface area contributed by atoms with Gasteiger partial charge in [-0.1, -0.05) is 69.2 Å². The van der Waals surface area contributed by atoms with Crippen molar-refractivity contribution in [1.29, 1.82) is 0 Å². The number of hydrogen-bond acceptors (Lipinski definition) is 2. The molecule has 0 saturated carbocycles. The minimum Gasteiger partial charge on any atom is -0.479 e. The lowest BCUT2D eigenvalue weighted by molar-refractivity contribution is 0.302. The van der Waals surface area contributed by atoms with Crippen LogP contribution in [0.4, 0.5) is 8.78 Å². The van der Waals surface area contributed by atoms with Crippen molar-refractivity contribution < 1.29 is 13.5 Å². The molecular formula is C28H29F2NO. The Morgan fingerprint density at radius 1 is 0.906 bits per heavy atom. The fourth-order valence-corrected chi connectivity index (χ4v) is 4.42. The van der Waals surface area contributed by atoms with Crippen molar-refractivity contribution in [3.8, 4) is 22.3 Å². The zero-order chi connectivity index (χ0) is 22.5. The Morgan fingerprint density at radius 2 is 1.47 bits per heavy atom. The van der Waals surface area contributed by atoms with E-state index in [-0.39, 0.29) is 17.7 Å². The number of nitrogens with zero attached hydrogens (tertiary/aromatic N) is 1. The first kappa shape index (κ1) is 22.2. The highest BCUT2D eigenvalue weighted by Gasteiger charge is 2.23. The zero-order valence-corrected chi connectivity index (χ0v) is 18.7. The normalized spacial score (nSPS) is 16.5. The van der Waals surface area contributed by atoms with Crippen molar-refractivity contribution in [2.45, 2.75) is 45.6 Å². The largest absolute Gasteiger partial charge is 0.479 e. The van der Waals surface area contributed by atoms with Crippen molar-refractivity contribution in [3.63, 3.8) is 0 Å². The van der Waals surface area contributed by atoms with Gasteiger partial charge >= 0.3 is 0 Å². The molecule has 1 heterocycles. The molecule has 1 aliphatic heterocycles. The molecule has 1 aliphatic rings. The molecule has 0 N–H and O–H groups in total. The van der Waals surface area contributed by atoms with E-state index in [0.717, 1.165) is 53.0 Å². The lowest BCUT2D eigenvalue weighted by Gasteiger charge is -2.17. The Bertz CT molecular complexity index is 1010. The molecule has 0 aliphatic carbocycles. The van der Waals surface area contributed by atoms with Crippen LogP contribution in [0, 0.1) is 17.6 Å². The van der Waals surface area contributed by atoms with Gasteiger partial charge in [-0.15, -0.1) is 0 Å². The summed E-state index contributed by atoms with van der Waals surface area (Å²) in [6, 6.07) is 19.3. The second-order valence-electron chi connectivity index (χ2n) is 8.64. The maximum Gasteiger partial charge on any atom is 0.183 e. The van der Waals surface area contributed by atoms with Gasteiger partial charge in [-0.2, -0.15) is 0 Å². The van der Waals surface area contributed by atoms with Crippen molar-refractivity contribution in [3.05, 3.63) is 83.9 Å². The summed E-state index contributed by atoms with van der Waals surface area (Å²) < 4.78 is 33.0. The van der Waals surface area contributed by atoms with Gasteiger partial charge in [0.15, 0.2) is 5.90 Å². The second-order valence-corrected chi connectivity index (χ2v) is 8.64. The number of aliphatic imine (C=N–C) groups is 1. The molecule has 3 aromatic carbocycles. The Morgan fingerprint density at radius 3 is 2.00 bits per heavy atom. The van der Waals surface area contributed by atoms with E-state index in [2.05, 4.69) is 26.0 Å². The van der Waals surface area contributed by atoms with Gasteiger partial charge in [-0.3, -0.25) is 0 Å². The van der Waals surface area contributed by atoms with E-state index in [0.29, 0.717) is 18.9 Å². The van der Waals surface area contributed by atoms with Gasteiger partial charge in [-0.25, -0.2) is 13.8 Å². The average molecular weight is 434 g/mol. The number of benzene rings is 3. The van der Waals surface area contributed by atoms with Crippen LogP contribution in [-0.4, -0.2) is 18.5 Å². The van der Waals surface area contributed by atoms with Gasteiger partial charge in [0.05, 0.1) is 6.04 Å². The van der Waals surface area contributed by atoms with Crippen LogP contribution in [0.1, 0.15) is 38.7 Å². The second kappa shape index (κ2) is 10.1. The number of hydrogen-bond donors (Lipinski definition) is 0. The minimum absolute atomic E-state index is 0.0274. The molecule has 2 atom stereocenters. The molecule has 0 aromatic heterocycles. The summed E-state index contributed by atoms with van der Waals surface area (Å²) in [5.41, 5.74) is 5.09. The molecule has 3 aromatic rings.